The molecule has 0 amide bonds. The number of hydrogen-bond acceptors (Lipinski definition) is 13. The molecule has 22 heteroatoms. The number of benzene rings is 5. The molecule has 102 heavy (non-hydrogen) atoms. The molecular weight excluding hydrogens is 1680 g/mol. The molecule has 0 radical (unpaired) electrons. The van der Waals surface area contributed by atoms with E-state index >= 15 is 0 Å². The van der Waals surface area contributed by atoms with Crippen LogP contribution in [0.3, 0.4) is 0 Å². The molecule has 2 heterocycles. The van der Waals surface area contributed by atoms with E-state index < -0.39 is 56.5 Å². The number of fused-ring (bicyclic) bond motifs is 3. The molecule has 4 bridgehead atoms. The Morgan fingerprint density at radius 2 is 1.16 bits per heavy atom. The Morgan fingerprint density at radius 1 is 0.676 bits per heavy atom. The van der Waals surface area contributed by atoms with Gasteiger partial charge in [0.25, 0.3) is 0 Å². The minimum Gasteiger partial charge on any atom is -0.871 e. The summed E-state index contributed by atoms with van der Waals surface area (Å²) in [5, 5.41) is 25.4. The Morgan fingerprint density at radius 3 is 1.63 bits per heavy atom. The fourth-order valence-corrected chi connectivity index (χ4v) is 20.5. The van der Waals surface area contributed by atoms with Gasteiger partial charge < -0.3 is 39.0 Å². The van der Waals surface area contributed by atoms with Crippen LogP contribution in [-0.2, 0) is 48.2 Å². The van der Waals surface area contributed by atoms with Crippen molar-refractivity contribution in [2.75, 3.05) is 18.8 Å². The average Bonchev–Trinajstić information content (AvgIpc) is 0.922. The number of phenols is 1. The Balaban J connectivity index is 0.000000202. The third-order valence-corrected chi connectivity index (χ3v) is 26.6. The lowest BCUT2D eigenvalue weighted by Crippen LogP contribution is -2.86. The topological polar surface area (TPSA) is 222 Å². The highest BCUT2D eigenvalue weighted by Gasteiger charge is 2.64. The van der Waals surface area contributed by atoms with Crippen LogP contribution in [0.5, 0.6) is 11.5 Å². The third kappa shape index (κ3) is 23.8. The van der Waals surface area contributed by atoms with Gasteiger partial charge in [0.1, 0.15) is 22.6 Å². The van der Waals surface area contributed by atoms with Crippen molar-refractivity contribution in [2.24, 2.45) is 39.4 Å². The molecule has 1 aromatic heterocycles. The van der Waals surface area contributed by atoms with Gasteiger partial charge in [0, 0.05) is 57.1 Å². The van der Waals surface area contributed by atoms with E-state index in [9.17, 15) is 50.4 Å². The minimum atomic E-state index is -5.27. The minimum absolute atomic E-state index is 0.00100. The van der Waals surface area contributed by atoms with Crippen molar-refractivity contribution in [3.05, 3.63) is 132 Å². The summed E-state index contributed by atoms with van der Waals surface area (Å²) in [6.07, 6.45) is 4.35. The quantitative estimate of drug-likeness (QED) is 0.0285. The number of carbonyl (C=O) groups is 4. The number of esters is 4. The van der Waals surface area contributed by atoms with Crippen LogP contribution >= 0.6 is 78.2 Å². The number of carbonyl (C=O) groups excluding carboxylic acids is 4. The van der Waals surface area contributed by atoms with Gasteiger partial charge in [-0.3, -0.25) is 19.2 Å². The van der Waals surface area contributed by atoms with Crippen molar-refractivity contribution >= 4 is 132 Å². The molecule has 5 aromatic carbocycles. The first-order chi connectivity index (χ1) is 47.5. The average molecular weight is 1790 g/mol. The van der Waals surface area contributed by atoms with E-state index in [0.717, 1.165) is 75.2 Å². The third-order valence-electron chi connectivity index (χ3n) is 21.3. The number of ether oxygens (including phenoxy) is 4. The van der Waals surface area contributed by atoms with Gasteiger partial charge in [0.05, 0.1) is 50.6 Å². The van der Waals surface area contributed by atoms with Crippen molar-refractivity contribution in [1.82, 2.24) is 0 Å². The van der Waals surface area contributed by atoms with Crippen LogP contribution in [0.15, 0.2) is 115 Å². The first-order valence-corrected chi connectivity index (χ1v) is 41.8. The van der Waals surface area contributed by atoms with Crippen molar-refractivity contribution < 1.29 is 79.8 Å². The fourth-order valence-electron chi connectivity index (χ4n) is 13.9. The largest absolute Gasteiger partial charge is 0.871 e. The van der Waals surface area contributed by atoms with E-state index in [2.05, 4.69) is 191 Å². The highest BCUT2D eigenvalue weighted by Crippen LogP contribution is 2.64. The van der Waals surface area contributed by atoms with Crippen LogP contribution in [0.4, 0.5) is 13.2 Å². The lowest BCUT2D eigenvalue weighted by molar-refractivity contribution is -0.665. The molecule has 4 unspecified atom stereocenters. The molecule has 5 aliphatic carbocycles. The number of hydrogen-bond donors (Lipinski definition) is 2. The second-order valence-electron chi connectivity index (χ2n) is 31.1. The molecule has 1 aliphatic heterocycles. The summed E-state index contributed by atoms with van der Waals surface area (Å²) in [6, 6.07) is 39.6. The highest BCUT2D eigenvalue weighted by molar-refractivity contribution is 14.1. The lowest BCUT2D eigenvalue weighted by Gasteiger charge is -2.60. The van der Waals surface area contributed by atoms with E-state index in [-0.39, 0.29) is 68.4 Å². The molecular formula is C80H107F3I3NO13S2. The fraction of sp³-hybridized carbons (Fsp3) is 0.575. The zero-order chi connectivity index (χ0) is 76.0. The Kier molecular flexibility index (Phi) is 31.0. The zero-order valence-electron chi connectivity index (χ0n) is 61.8. The monoisotopic (exact) mass is 1790 g/mol. The molecule has 12 rings (SSSR count). The molecule has 6 fully saturated rings. The van der Waals surface area contributed by atoms with E-state index in [0.29, 0.717) is 49.7 Å². The number of aromatic hydroxyl groups is 1. The molecule has 6 aliphatic rings. The molecule has 14 nitrogen and oxygen atoms in total. The van der Waals surface area contributed by atoms with Gasteiger partial charge >= 0.3 is 30.1 Å². The van der Waals surface area contributed by atoms with Crippen molar-refractivity contribution in [3.8, 4) is 16.4 Å². The Labute approximate surface area is 647 Å². The van der Waals surface area contributed by atoms with Gasteiger partial charge in [0.2, 0.25) is 6.10 Å². The molecule has 564 valence electrons. The number of phenolic OH excluding ortho intramolecular Hbond substituents is 1. The van der Waals surface area contributed by atoms with E-state index in [1.165, 1.54) is 43.5 Å². The highest BCUT2D eigenvalue weighted by atomic mass is 127. The van der Waals surface area contributed by atoms with Crippen molar-refractivity contribution in [2.45, 2.75) is 235 Å². The molecule has 3 N–H and O–H groups in total. The molecule has 0 spiro atoms. The zero-order valence-corrected chi connectivity index (χ0v) is 69.9. The first-order valence-electron chi connectivity index (χ1n) is 35.8. The maximum absolute atomic E-state index is 13.3. The van der Waals surface area contributed by atoms with Gasteiger partial charge in [-0.1, -0.05) is 95.0 Å². The summed E-state index contributed by atoms with van der Waals surface area (Å²) in [6.45, 7) is 30.0. The van der Waals surface area contributed by atoms with Crippen molar-refractivity contribution in [3.63, 3.8) is 0 Å². The molecule has 6 aromatic rings. The van der Waals surface area contributed by atoms with Crippen LogP contribution in [0.25, 0.3) is 25.1 Å². The van der Waals surface area contributed by atoms with E-state index in [1.54, 1.807) is 19.9 Å². The second-order valence-corrected chi connectivity index (χ2v) is 38.1. The van der Waals surface area contributed by atoms with Crippen LogP contribution in [0.2, 0.25) is 0 Å². The number of alkyl halides is 3. The summed E-state index contributed by atoms with van der Waals surface area (Å²) in [4.78, 5) is 51.1. The SMILES string of the molecule is CCC(C)(C)C(=O)OC(C)(C)C1CC[NH2+]CC1.CCC(C)(C)C(=O)OC1(C)CCCC1.CCC(C)(C)C(=O)OC12CC3CC(C1)CC(C(=O)OC(CS(=O)(=O)[O-])C(F)(F)F)(C3)C2.CCC(C)c1cccc(O)c1.[O-]c1c(I)cc(I)cc1I.c1ccc(-[s+]2c3ccccc3c3ccccc32)cc1. The normalized spacial score (nSPS) is 20.8. The number of nitrogens with two attached hydrogens (primary N) is 1. The smallest absolute Gasteiger partial charge is 0.426 e. The molecule has 5 saturated carbocycles. The predicted octanol–water partition coefficient (Wildman–Crippen LogP) is 19.6. The summed E-state index contributed by atoms with van der Waals surface area (Å²) in [7, 11) is -5.21. The van der Waals surface area contributed by atoms with Gasteiger partial charge in [-0.15, -0.1) is 0 Å². The van der Waals surface area contributed by atoms with Crippen molar-refractivity contribution in [1.29, 1.82) is 0 Å². The van der Waals surface area contributed by atoms with Gasteiger partial charge in [-0.25, -0.2) is 8.42 Å². The second kappa shape index (κ2) is 36.5. The van der Waals surface area contributed by atoms with Gasteiger partial charge in [0.15, 0.2) is 14.3 Å². The number of piperidine rings is 1. The summed E-state index contributed by atoms with van der Waals surface area (Å²) in [5.74, 6) is -1.98. The standard InChI is InChI=1S/C20H29F3O7S.C18H13S.C14H27NO2.C12H22O2.C10H14O.C6H3I3O/c1-4-17(2,3)15(24)30-19-8-12-5-13(9-19)7-18(6-12,11-19)16(25)29-14(20(21,22)23)10-31(26,27)28;1-2-8-14(9-3-1)19-17-12-6-4-10-15(17)16-11-5-7-13-18(16)19;1-6-13(2,3)12(16)17-14(4,5)11-7-9-15-10-8-11;1-5-11(2,3)10(13)14-12(4)8-6-7-9-12;1-3-8(2)9-5-4-6-10(11)7-9;7-3-1-4(8)6(10)5(9)2-3/h12-14H,4-11H2,1-3H3,(H,26,27,28);1-13H;11,15H,6-10H2,1-5H3;5-9H2,1-4H3;4-8,11H,3H2,1-2H3;1-2,10H/q;+1;;;;/p-1. The van der Waals surface area contributed by atoms with E-state index in [4.69, 9.17) is 19.3 Å². The Bertz CT molecular complexity index is 3810. The summed E-state index contributed by atoms with van der Waals surface area (Å²) in [5.41, 5.74) is -2.93. The Hall–Kier alpha value is -4.35. The number of quaternary nitrogens is 1. The van der Waals surface area contributed by atoms with Gasteiger partial charge in [-0.2, -0.15) is 13.2 Å². The number of rotatable bonds is 17. The molecule has 1 saturated heterocycles. The van der Waals surface area contributed by atoms with Crippen LogP contribution in [-0.4, -0.2) is 89.9 Å². The van der Waals surface area contributed by atoms with Crippen LogP contribution in [0, 0.1) is 50.1 Å². The van der Waals surface area contributed by atoms with Crippen LogP contribution < -0.4 is 10.4 Å². The number of thiophene rings is 1. The lowest BCUT2D eigenvalue weighted by atomic mass is 9.48. The summed E-state index contributed by atoms with van der Waals surface area (Å²) < 4.78 is 100. The summed E-state index contributed by atoms with van der Waals surface area (Å²) >= 11 is 6.31. The first kappa shape index (κ1) is 86.6. The van der Waals surface area contributed by atoms with Gasteiger partial charge in [-0.05, 0) is 298 Å². The van der Waals surface area contributed by atoms with Crippen LogP contribution in [0.1, 0.15) is 211 Å². The maximum Gasteiger partial charge on any atom is 0.426 e. The van der Waals surface area contributed by atoms with E-state index in [1.807, 2.05) is 78.8 Å². The maximum atomic E-state index is 13.3. The number of halogens is 6. The predicted molar refractivity (Wildman–Crippen MR) is 422 cm³/mol. The molecule has 4 atom stereocenters.